The van der Waals surface area contributed by atoms with Crippen molar-refractivity contribution in [3.63, 3.8) is 0 Å². The van der Waals surface area contributed by atoms with Crippen molar-refractivity contribution in [2.75, 3.05) is 18.1 Å². The minimum absolute atomic E-state index is 0.0770. The fourth-order valence-electron chi connectivity index (χ4n) is 4.31. The van der Waals surface area contributed by atoms with E-state index in [0.717, 1.165) is 4.70 Å². The zero-order valence-electron chi connectivity index (χ0n) is 20.4. The van der Waals surface area contributed by atoms with Crippen molar-refractivity contribution in [2.45, 2.75) is 19.9 Å². The molecule has 2 heterocycles. The van der Waals surface area contributed by atoms with Crippen LogP contribution in [0.5, 0.6) is 11.5 Å². The van der Waals surface area contributed by atoms with E-state index >= 15 is 0 Å². The summed E-state index contributed by atoms with van der Waals surface area (Å²) in [6.07, 6.45) is 0. The second kappa shape index (κ2) is 10.6. The molecule has 1 fully saturated rings. The van der Waals surface area contributed by atoms with Crippen molar-refractivity contribution in [2.24, 2.45) is 0 Å². The predicted octanol–water partition coefficient (Wildman–Crippen LogP) is 7.03. The number of aromatic nitrogens is 1. The summed E-state index contributed by atoms with van der Waals surface area (Å²) in [6.45, 7) is 4.76. The lowest BCUT2D eigenvalue weighted by Crippen LogP contribution is -2.29. The van der Waals surface area contributed by atoms with Crippen LogP contribution in [0.25, 0.3) is 16.0 Å². The standard InChI is InChI=1S/C28H22Cl2N2O5S/c1-3-36-17-8-5-15(6-9-17)25(33)23-24(16-7-11-19(29)20(30)13-16)32(27(35)26(23)34)28-31-21-12-10-18(37-4-2)14-22(21)38-28/h5-14,24,33H,3-4H2,1-2H3/b25-23+. The van der Waals surface area contributed by atoms with Crippen LogP contribution in [0, 0.1) is 0 Å². The summed E-state index contributed by atoms with van der Waals surface area (Å²) in [5.74, 6) is -0.663. The number of thiazole rings is 1. The molecule has 3 aromatic carbocycles. The predicted molar refractivity (Wildman–Crippen MR) is 150 cm³/mol. The maximum Gasteiger partial charge on any atom is 0.301 e. The molecule has 1 unspecified atom stereocenters. The first-order chi connectivity index (χ1) is 18.3. The Morgan fingerprint density at radius 1 is 0.947 bits per heavy atom. The second-order valence-corrected chi connectivity index (χ2v) is 10.2. The summed E-state index contributed by atoms with van der Waals surface area (Å²) in [4.78, 5) is 32.8. The SMILES string of the molecule is CCOc1ccc(/C(O)=C2\C(=O)C(=O)N(c3nc4ccc(OCC)cc4s3)C2c2ccc(Cl)c(Cl)c2)cc1. The molecular formula is C28H22Cl2N2O5S. The van der Waals surface area contributed by atoms with Gasteiger partial charge in [0.2, 0.25) is 0 Å². The van der Waals surface area contributed by atoms with Crippen LogP contribution in [0.1, 0.15) is 31.0 Å². The molecule has 4 aromatic rings. The van der Waals surface area contributed by atoms with E-state index < -0.39 is 17.7 Å². The molecule has 0 saturated carbocycles. The van der Waals surface area contributed by atoms with Crippen molar-refractivity contribution in [1.82, 2.24) is 4.98 Å². The van der Waals surface area contributed by atoms with Crippen molar-refractivity contribution < 1.29 is 24.2 Å². The Labute approximate surface area is 232 Å². The summed E-state index contributed by atoms with van der Waals surface area (Å²) < 4.78 is 11.9. The van der Waals surface area contributed by atoms with Gasteiger partial charge in [-0.25, -0.2) is 4.98 Å². The van der Waals surface area contributed by atoms with E-state index in [2.05, 4.69) is 4.98 Å². The fraction of sp³-hybridized carbons (Fsp3) is 0.179. The van der Waals surface area contributed by atoms with Gasteiger partial charge in [0.15, 0.2) is 5.13 Å². The number of benzene rings is 3. The summed E-state index contributed by atoms with van der Waals surface area (Å²) in [7, 11) is 0. The molecule has 10 heteroatoms. The third-order valence-corrected chi connectivity index (χ3v) is 7.76. The average molecular weight is 569 g/mol. The monoisotopic (exact) mass is 568 g/mol. The molecular weight excluding hydrogens is 547 g/mol. The number of hydrogen-bond acceptors (Lipinski definition) is 7. The van der Waals surface area contributed by atoms with Crippen LogP contribution in [0.4, 0.5) is 5.13 Å². The summed E-state index contributed by atoms with van der Waals surface area (Å²) in [5.41, 5.74) is 1.43. The van der Waals surface area contributed by atoms with Crippen LogP contribution in [0.15, 0.2) is 66.2 Å². The molecule has 5 rings (SSSR count). The molecule has 1 aromatic heterocycles. The number of fused-ring (bicyclic) bond motifs is 1. The van der Waals surface area contributed by atoms with Gasteiger partial charge in [0, 0.05) is 5.56 Å². The molecule has 1 atom stereocenters. The van der Waals surface area contributed by atoms with Crippen molar-refractivity contribution in [3.8, 4) is 11.5 Å². The highest BCUT2D eigenvalue weighted by atomic mass is 35.5. The van der Waals surface area contributed by atoms with Gasteiger partial charge in [0.1, 0.15) is 17.3 Å². The van der Waals surface area contributed by atoms with Gasteiger partial charge in [-0.1, -0.05) is 40.6 Å². The number of ether oxygens (including phenoxy) is 2. The van der Waals surface area contributed by atoms with Gasteiger partial charge in [-0.3, -0.25) is 14.5 Å². The summed E-state index contributed by atoms with van der Waals surface area (Å²) in [6, 6.07) is 15.9. The van der Waals surface area contributed by atoms with E-state index in [1.165, 1.54) is 16.2 Å². The first-order valence-corrected chi connectivity index (χ1v) is 13.4. The molecule has 1 N–H and O–H groups in total. The zero-order valence-corrected chi connectivity index (χ0v) is 22.7. The second-order valence-electron chi connectivity index (χ2n) is 8.36. The van der Waals surface area contributed by atoms with Crippen molar-refractivity contribution >= 4 is 67.3 Å². The smallest absolute Gasteiger partial charge is 0.301 e. The molecule has 1 saturated heterocycles. The van der Waals surface area contributed by atoms with E-state index in [1.54, 1.807) is 54.6 Å². The number of halogens is 2. The first-order valence-electron chi connectivity index (χ1n) is 11.8. The number of hydrogen-bond donors (Lipinski definition) is 1. The number of Topliss-reactive ketones (excluding diaryl/α,β-unsaturated/α-hetero) is 1. The average Bonchev–Trinajstić information content (AvgIpc) is 3.44. The maximum atomic E-state index is 13.5. The van der Waals surface area contributed by atoms with Crippen LogP contribution >= 0.6 is 34.5 Å². The number of nitrogens with zero attached hydrogens (tertiary/aromatic N) is 2. The van der Waals surface area contributed by atoms with Crippen LogP contribution in [-0.2, 0) is 9.59 Å². The van der Waals surface area contributed by atoms with Gasteiger partial charge in [0.25, 0.3) is 5.78 Å². The van der Waals surface area contributed by atoms with Crippen LogP contribution in [-0.4, -0.2) is 35.0 Å². The third kappa shape index (κ3) is 4.71. The van der Waals surface area contributed by atoms with Crippen LogP contribution in [0.2, 0.25) is 10.0 Å². The highest BCUT2D eigenvalue weighted by molar-refractivity contribution is 7.22. The molecule has 1 aliphatic heterocycles. The van der Waals surface area contributed by atoms with E-state index in [-0.39, 0.29) is 16.4 Å². The Morgan fingerprint density at radius 3 is 2.32 bits per heavy atom. The van der Waals surface area contributed by atoms with Gasteiger partial charge in [-0.05, 0) is 74.0 Å². The van der Waals surface area contributed by atoms with Crippen molar-refractivity contribution in [3.05, 3.63) is 87.4 Å². The third-order valence-electron chi connectivity index (χ3n) is 6.01. The van der Waals surface area contributed by atoms with Crippen LogP contribution in [0.3, 0.4) is 0 Å². The Hall–Kier alpha value is -3.59. The number of aliphatic hydroxyl groups excluding tert-OH is 1. The quantitative estimate of drug-likeness (QED) is 0.146. The topological polar surface area (TPSA) is 89.0 Å². The number of anilines is 1. The molecule has 0 spiro atoms. The lowest BCUT2D eigenvalue weighted by molar-refractivity contribution is -0.132. The minimum Gasteiger partial charge on any atom is -0.507 e. The largest absolute Gasteiger partial charge is 0.507 e. The first kappa shape index (κ1) is 26.0. The molecule has 1 aliphatic rings. The Kier molecular flexibility index (Phi) is 7.29. The number of carbonyl (C=O) groups is 2. The van der Waals surface area contributed by atoms with Crippen LogP contribution < -0.4 is 14.4 Å². The molecule has 194 valence electrons. The summed E-state index contributed by atoms with van der Waals surface area (Å²) in [5, 5.41) is 12.2. The van der Waals surface area contributed by atoms with Gasteiger partial charge < -0.3 is 14.6 Å². The molecule has 0 bridgehead atoms. The van der Waals surface area contributed by atoms with Crippen molar-refractivity contribution in [1.29, 1.82) is 0 Å². The van der Waals surface area contributed by atoms with E-state index in [4.69, 9.17) is 32.7 Å². The highest BCUT2D eigenvalue weighted by Crippen LogP contribution is 2.45. The maximum absolute atomic E-state index is 13.5. The highest BCUT2D eigenvalue weighted by Gasteiger charge is 2.48. The number of aliphatic hydroxyl groups is 1. The van der Waals surface area contributed by atoms with Gasteiger partial charge in [-0.2, -0.15) is 0 Å². The molecule has 0 aliphatic carbocycles. The normalized spacial score (nSPS) is 16.8. The number of amides is 1. The van der Waals surface area contributed by atoms with E-state index in [0.29, 0.717) is 51.5 Å². The zero-order chi connectivity index (χ0) is 27.0. The molecule has 0 radical (unpaired) electrons. The number of ketones is 1. The lowest BCUT2D eigenvalue weighted by atomic mass is 9.95. The van der Waals surface area contributed by atoms with E-state index in [1.807, 2.05) is 19.9 Å². The Morgan fingerprint density at radius 2 is 1.63 bits per heavy atom. The minimum atomic E-state index is -0.983. The van der Waals surface area contributed by atoms with Gasteiger partial charge in [-0.15, -0.1) is 0 Å². The van der Waals surface area contributed by atoms with Gasteiger partial charge in [0.05, 0.1) is 45.1 Å². The Balaban J connectivity index is 1.67. The molecule has 7 nitrogen and oxygen atoms in total. The summed E-state index contributed by atoms with van der Waals surface area (Å²) >= 11 is 13.7. The lowest BCUT2D eigenvalue weighted by Gasteiger charge is -2.23. The Bertz CT molecular complexity index is 1580. The number of rotatable bonds is 7. The van der Waals surface area contributed by atoms with E-state index in [9.17, 15) is 14.7 Å². The van der Waals surface area contributed by atoms with Gasteiger partial charge >= 0.3 is 5.91 Å². The fourth-order valence-corrected chi connectivity index (χ4v) is 5.64. The number of carbonyl (C=O) groups excluding carboxylic acids is 2. The molecule has 1 amide bonds. The molecule has 38 heavy (non-hydrogen) atoms.